The summed E-state index contributed by atoms with van der Waals surface area (Å²) in [4.78, 5) is 0. The lowest BCUT2D eigenvalue weighted by atomic mass is 10.1. The van der Waals surface area contributed by atoms with Gasteiger partial charge in [0.2, 0.25) is 0 Å². The molecule has 0 amide bonds. The average Bonchev–Trinajstić information content (AvgIpc) is 1.77. The summed E-state index contributed by atoms with van der Waals surface area (Å²) in [6, 6.07) is 0. The molecule has 1 rings (SSSR count). The maximum Gasteiger partial charge on any atom is 0.0501 e. The highest BCUT2D eigenvalue weighted by atomic mass is 14.7. The van der Waals surface area contributed by atoms with Crippen molar-refractivity contribution in [2.75, 3.05) is 0 Å². The maximum atomic E-state index is 5.48. The fraction of sp³-hybridized carbons (Fsp3) is 0.333. The molecular weight excluding hydrogens is 100 g/mol. The normalized spacial score (nSPS) is 19.5. The first-order valence-corrected chi connectivity index (χ1v) is 2.71. The minimum atomic E-state index is 0.733. The first kappa shape index (κ1) is 5.22. The molecule has 0 saturated heterocycles. The molecule has 0 spiro atoms. The molecule has 0 aromatic rings. The van der Waals surface area contributed by atoms with Crippen molar-refractivity contribution in [3.63, 3.8) is 0 Å². The molecule has 0 aliphatic heterocycles. The molecule has 0 saturated carbocycles. The van der Waals surface area contributed by atoms with Gasteiger partial charge >= 0.3 is 0 Å². The van der Waals surface area contributed by atoms with Gasteiger partial charge in [-0.2, -0.15) is 0 Å². The van der Waals surface area contributed by atoms with Crippen molar-refractivity contribution in [1.29, 1.82) is 0 Å². The first-order chi connectivity index (χ1) is 3.80. The zero-order chi connectivity index (χ0) is 5.98. The summed E-state index contributed by atoms with van der Waals surface area (Å²) in [5, 5.41) is 0. The SMILES string of the molecule is NC1=C(N)CCC=C1. The summed E-state index contributed by atoms with van der Waals surface area (Å²) >= 11 is 0. The van der Waals surface area contributed by atoms with E-state index in [1.54, 1.807) is 0 Å². The van der Waals surface area contributed by atoms with Gasteiger partial charge in [0.1, 0.15) is 0 Å². The molecule has 0 radical (unpaired) electrons. The van der Waals surface area contributed by atoms with Crippen LogP contribution < -0.4 is 11.5 Å². The van der Waals surface area contributed by atoms with Crippen molar-refractivity contribution < 1.29 is 0 Å². The number of nitrogens with two attached hydrogens (primary N) is 2. The smallest absolute Gasteiger partial charge is 0.0501 e. The Balaban J connectivity index is 2.76. The van der Waals surface area contributed by atoms with Crippen LogP contribution in [0.4, 0.5) is 0 Å². The van der Waals surface area contributed by atoms with Gasteiger partial charge in [0.05, 0.1) is 5.70 Å². The number of rotatable bonds is 0. The van der Waals surface area contributed by atoms with Gasteiger partial charge in [0, 0.05) is 5.70 Å². The van der Waals surface area contributed by atoms with E-state index in [9.17, 15) is 0 Å². The Hall–Kier alpha value is -0.920. The second-order valence-electron chi connectivity index (χ2n) is 1.92. The topological polar surface area (TPSA) is 52.0 Å². The molecule has 4 N–H and O–H groups in total. The Bertz CT molecular complexity index is 145. The van der Waals surface area contributed by atoms with Crippen molar-refractivity contribution in [2.45, 2.75) is 12.8 Å². The van der Waals surface area contributed by atoms with Crippen LogP contribution in [0.15, 0.2) is 23.5 Å². The molecule has 0 atom stereocenters. The third-order valence-electron chi connectivity index (χ3n) is 1.25. The molecule has 0 fully saturated rings. The van der Waals surface area contributed by atoms with Crippen molar-refractivity contribution in [3.8, 4) is 0 Å². The van der Waals surface area contributed by atoms with E-state index in [0.29, 0.717) is 0 Å². The van der Waals surface area contributed by atoms with Crippen LogP contribution in [0.3, 0.4) is 0 Å². The molecule has 0 unspecified atom stereocenters. The molecule has 1 aliphatic rings. The van der Waals surface area contributed by atoms with Crippen LogP contribution in [-0.2, 0) is 0 Å². The van der Waals surface area contributed by atoms with E-state index < -0.39 is 0 Å². The van der Waals surface area contributed by atoms with Crippen LogP contribution in [-0.4, -0.2) is 0 Å². The molecule has 8 heavy (non-hydrogen) atoms. The van der Waals surface area contributed by atoms with Gasteiger partial charge in [-0.25, -0.2) is 0 Å². The molecule has 1 aliphatic carbocycles. The van der Waals surface area contributed by atoms with Gasteiger partial charge in [0.15, 0.2) is 0 Å². The summed E-state index contributed by atoms with van der Waals surface area (Å²) < 4.78 is 0. The first-order valence-electron chi connectivity index (χ1n) is 2.71. The highest BCUT2D eigenvalue weighted by molar-refractivity contribution is 5.24. The predicted molar refractivity (Wildman–Crippen MR) is 33.8 cm³/mol. The number of hydrogen-bond donors (Lipinski definition) is 2. The molecule has 0 aromatic heterocycles. The van der Waals surface area contributed by atoms with Crippen LogP contribution in [0.1, 0.15) is 12.8 Å². The summed E-state index contributed by atoms with van der Waals surface area (Å²) in [5.74, 6) is 0. The van der Waals surface area contributed by atoms with Gasteiger partial charge < -0.3 is 11.5 Å². The largest absolute Gasteiger partial charge is 0.400 e. The minimum absolute atomic E-state index is 0.733. The van der Waals surface area contributed by atoms with Crippen LogP contribution >= 0.6 is 0 Å². The Labute approximate surface area is 48.9 Å². The average molecular weight is 110 g/mol. The molecule has 2 heteroatoms. The monoisotopic (exact) mass is 110 g/mol. The predicted octanol–water partition coefficient (Wildman–Crippen LogP) is 0.465. The lowest BCUT2D eigenvalue weighted by Gasteiger charge is -2.05. The molecule has 0 bridgehead atoms. The van der Waals surface area contributed by atoms with Crippen LogP contribution in [0.25, 0.3) is 0 Å². The van der Waals surface area contributed by atoms with E-state index in [1.807, 2.05) is 12.2 Å². The Morgan fingerprint density at radius 2 is 2.12 bits per heavy atom. The molecule has 44 valence electrons. The summed E-state index contributed by atoms with van der Waals surface area (Å²) in [6.07, 6.45) is 5.85. The second-order valence-corrected chi connectivity index (χ2v) is 1.92. The lowest BCUT2D eigenvalue weighted by molar-refractivity contribution is 0.916. The molecular formula is C6H10N2. The standard InChI is InChI=1S/C6H10N2/c7-5-3-1-2-4-6(5)8/h1,3H,2,4,7-8H2. The van der Waals surface area contributed by atoms with Crippen molar-refractivity contribution in [3.05, 3.63) is 23.5 Å². The quantitative estimate of drug-likeness (QED) is 0.476. The van der Waals surface area contributed by atoms with Crippen LogP contribution in [0, 0.1) is 0 Å². The number of hydrogen-bond acceptors (Lipinski definition) is 2. The van der Waals surface area contributed by atoms with Gasteiger partial charge in [-0.05, 0) is 18.9 Å². The van der Waals surface area contributed by atoms with Crippen LogP contribution in [0.5, 0.6) is 0 Å². The zero-order valence-electron chi connectivity index (χ0n) is 4.72. The van der Waals surface area contributed by atoms with Crippen molar-refractivity contribution in [1.82, 2.24) is 0 Å². The van der Waals surface area contributed by atoms with Gasteiger partial charge in [-0.3, -0.25) is 0 Å². The van der Waals surface area contributed by atoms with Gasteiger partial charge in [-0.1, -0.05) is 6.08 Å². The fourth-order valence-electron chi connectivity index (χ4n) is 0.701. The second kappa shape index (κ2) is 1.90. The summed E-state index contributed by atoms with van der Waals surface area (Å²) in [7, 11) is 0. The van der Waals surface area contributed by atoms with E-state index in [2.05, 4.69) is 0 Å². The highest BCUT2D eigenvalue weighted by Crippen LogP contribution is 2.08. The van der Waals surface area contributed by atoms with E-state index >= 15 is 0 Å². The molecule has 0 aromatic carbocycles. The zero-order valence-corrected chi connectivity index (χ0v) is 4.72. The Kier molecular flexibility index (Phi) is 1.24. The molecule has 0 heterocycles. The number of allylic oxidation sites excluding steroid dienone is 3. The van der Waals surface area contributed by atoms with E-state index in [0.717, 1.165) is 24.2 Å². The van der Waals surface area contributed by atoms with E-state index in [4.69, 9.17) is 11.5 Å². The Morgan fingerprint density at radius 1 is 1.38 bits per heavy atom. The van der Waals surface area contributed by atoms with E-state index in [-0.39, 0.29) is 0 Å². The maximum absolute atomic E-state index is 5.48. The van der Waals surface area contributed by atoms with Crippen molar-refractivity contribution >= 4 is 0 Å². The molecule has 2 nitrogen and oxygen atoms in total. The van der Waals surface area contributed by atoms with E-state index in [1.165, 1.54) is 0 Å². The summed E-state index contributed by atoms with van der Waals surface area (Å²) in [5.41, 5.74) is 12.5. The van der Waals surface area contributed by atoms with Crippen LogP contribution in [0.2, 0.25) is 0 Å². The summed E-state index contributed by atoms with van der Waals surface area (Å²) in [6.45, 7) is 0. The fourth-order valence-corrected chi connectivity index (χ4v) is 0.701. The minimum Gasteiger partial charge on any atom is -0.400 e. The lowest BCUT2D eigenvalue weighted by Crippen LogP contribution is -2.09. The van der Waals surface area contributed by atoms with Gasteiger partial charge in [-0.15, -0.1) is 0 Å². The van der Waals surface area contributed by atoms with Gasteiger partial charge in [0.25, 0.3) is 0 Å². The highest BCUT2D eigenvalue weighted by Gasteiger charge is 1.97. The third-order valence-corrected chi connectivity index (χ3v) is 1.25. The Morgan fingerprint density at radius 3 is 2.50 bits per heavy atom. The van der Waals surface area contributed by atoms with Crippen molar-refractivity contribution in [2.24, 2.45) is 11.5 Å². The third kappa shape index (κ3) is 0.832.